The quantitative estimate of drug-likeness (QED) is 0.514. The Morgan fingerprint density at radius 3 is 2.00 bits per heavy atom. The number of halogens is 3. The fraction of sp³-hybridized carbons (Fsp3) is 0.118. The molecular formula is C17H12F3N3O4S. The molecule has 0 saturated carbocycles. The van der Waals surface area contributed by atoms with Crippen LogP contribution in [-0.2, 0) is 16.0 Å². The molecule has 28 heavy (non-hydrogen) atoms. The molecule has 1 N–H and O–H groups in total. The lowest BCUT2D eigenvalue weighted by Crippen LogP contribution is -2.07. The SMILES string of the molecule is CS(=O)(=O)c1ccc(-c2c(C(F)(F)F)n[nH]c2-c2ccc([N+](=O)[O-])cc2)cc1. The van der Waals surface area contributed by atoms with E-state index in [-0.39, 0.29) is 33.0 Å². The van der Waals surface area contributed by atoms with Gasteiger partial charge in [0, 0.05) is 29.5 Å². The molecule has 0 aliphatic rings. The van der Waals surface area contributed by atoms with Gasteiger partial charge in [0.2, 0.25) is 0 Å². The van der Waals surface area contributed by atoms with Crippen molar-refractivity contribution in [1.29, 1.82) is 0 Å². The predicted molar refractivity (Wildman–Crippen MR) is 94.2 cm³/mol. The van der Waals surface area contributed by atoms with Crippen LogP contribution in [0.3, 0.4) is 0 Å². The fourth-order valence-corrected chi connectivity index (χ4v) is 3.29. The van der Waals surface area contributed by atoms with Crippen LogP contribution in [-0.4, -0.2) is 29.8 Å². The zero-order valence-electron chi connectivity index (χ0n) is 14.2. The van der Waals surface area contributed by atoms with Crippen molar-refractivity contribution < 1.29 is 26.5 Å². The average Bonchev–Trinajstić information content (AvgIpc) is 3.06. The lowest BCUT2D eigenvalue weighted by atomic mass is 9.98. The summed E-state index contributed by atoms with van der Waals surface area (Å²) in [6, 6.07) is 9.87. The van der Waals surface area contributed by atoms with Crippen molar-refractivity contribution in [3.63, 3.8) is 0 Å². The number of nitro groups is 1. The van der Waals surface area contributed by atoms with Crippen molar-refractivity contribution in [2.75, 3.05) is 6.26 Å². The Kier molecular flexibility index (Phi) is 4.71. The second-order valence-corrected chi connectivity index (χ2v) is 7.94. The molecule has 0 radical (unpaired) electrons. The summed E-state index contributed by atoms with van der Waals surface area (Å²) in [5.41, 5.74) is -1.29. The van der Waals surface area contributed by atoms with Crippen LogP contribution in [0, 0.1) is 10.1 Å². The van der Waals surface area contributed by atoms with Gasteiger partial charge in [0.1, 0.15) is 0 Å². The van der Waals surface area contributed by atoms with Gasteiger partial charge in [-0.2, -0.15) is 18.3 Å². The maximum absolute atomic E-state index is 13.4. The van der Waals surface area contributed by atoms with Gasteiger partial charge < -0.3 is 0 Å². The third kappa shape index (κ3) is 3.74. The zero-order valence-corrected chi connectivity index (χ0v) is 15.0. The van der Waals surface area contributed by atoms with Gasteiger partial charge in [-0.15, -0.1) is 0 Å². The predicted octanol–water partition coefficient (Wildman–Crippen LogP) is 4.07. The van der Waals surface area contributed by atoms with Crippen LogP contribution >= 0.6 is 0 Å². The molecule has 0 aliphatic heterocycles. The number of aromatic amines is 1. The molecule has 0 fully saturated rings. The van der Waals surface area contributed by atoms with Crippen LogP contribution in [0.2, 0.25) is 0 Å². The Bertz CT molecular complexity index is 1140. The van der Waals surface area contributed by atoms with Crippen LogP contribution in [0.15, 0.2) is 53.4 Å². The highest BCUT2D eigenvalue weighted by molar-refractivity contribution is 7.90. The maximum atomic E-state index is 13.4. The largest absolute Gasteiger partial charge is 0.435 e. The molecule has 1 heterocycles. The Labute approximate surface area is 156 Å². The highest BCUT2D eigenvalue weighted by Gasteiger charge is 2.38. The van der Waals surface area contributed by atoms with Crippen molar-refractivity contribution in [1.82, 2.24) is 10.2 Å². The van der Waals surface area contributed by atoms with Crippen molar-refractivity contribution in [3.8, 4) is 22.4 Å². The molecule has 2 aromatic carbocycles. The standard InChI is InChI=1S/C17H12F3N3O4S/c1-28(26,27)13-8-4-10(5-9-13)14-15(21-22-16(14)17(18,19)20)11-2-6-12(7-3-11)23(24)25/h2-9H,1H3,(H,21,22). The molecule has 0 spiro atoms. The van der Waals surface area contributed by atoms with Gasteiger partial charge in [0.15, 0.2) is 15.5 Å². The number of alkyl halides is 3. The summed E-state index contributed by atoms with van der Waals surface area (Å²) in [5, 5.41) is 16.5. The van der Waals surface area contributed by atoms with Crippen LogP contribution < -0.4 is 0 Å². The van der Waals surface area contributed by atoms with Crippen LogP contribution in [0.25, 0.3) is 22.4 Å². The van der Waals surface area contributed by atoms with Crippen molar-refractivity contribution in [3.05, 3.63) is 64.3 Å². The Morgan fingerprint density at radius 1 is 1.00 bits per heavy atom. The van der Waals surface area contributed by atoms with E-state index >= 15 is 0 Å². The van der Waals surface area contributed by atoms with Crippen molar-refractivity contribution in [2.45, 2.75) is 11.1 Å². The molecule has 3 rings (SSSR count). The third-order valence-corrected chi connectivity index (χ3v) is 5.10. The van der Waals surface area contributed by atoms with E-state index in [1.54, 1.807) is 0 Å². The summed E-state index contributed by atoms with van der Waals surface area (Å²) in [6.07, 6.45) is -3.77. The number of H-pyrrole nitrogens is 1. The molecule has 1 aromatic heterocycles. The van der Waals surface area contributed by atoms with E-state index in [1.165, 1.54) is 48.5 Å². The van der Waals surface area contributed by atoms with E-state index < -0.39 is 26.6 Å². The average molecular weight is 411 g/mol. The summed E-state index contributed by atoms with van der Waals surface area (Å²) >= 11 is 0. The first-order chi connectivity index (χ1) is 13.0. The van der Waals surface area contributed by atoms with Crippen LogP contribution in [0.4, 0.5) is 18.9 Å². The van der Waals surface area contributed by atoms with Crippen LogP contribution in [0.1, 0.15) is 5.69 Å². The minimum Gasteiger partial charge on any atom is -0.277 e. The fourth-order valence-electron chi connectivity index (χ4n) is 2.66. The molecule has 7 nitrogen and oxygen atoms in total. The number of benzene rings is 2. The number of nitro benzene ring substituents is 1. The second kappa shape index (κ2) is 6.75. The van der Waals surface area contributed by atoms with E-state index in [9.17, 15) is 31.7 Å². The first kappa shape index (κ1) is 19.5. The van der Waals surface area contributed by atoms with Gasteiger partial charge in [-0.3, -0.25) is 15.2 Å². The number of hydrogen-bond acceptors (Lipinski definition) is 5. The Balaban J connectivity index is 2.18. The van der Waals surface area contributed by atoms with Gasteiger partial charge in [0.05, 0.1) is 15.5 Å². The normalized spacial score (nSPS) is 12.1. The monoisotopic (exact) mass is 411 g/mol. The molecule has 3 aromatic rings. The molecule has 146 valence electrons. The summed E-state index contributed by atoms with van der Waals surface area (Å²) in [7, 11) is -3.51. The number of rotatable bonds is 4. The number of aromatic nitrogens is 2. The summed E-state index contributed by atoms with van der Waals surface area (Å²) in [5.74, 6) is 0. The maximum Gasteiger partial charge on any atom is 0.435 e. The lowest BCUT2D eigenvalue weighted by molar-refractivity contribution is -0.384. The molecule has 0 atom stereocenters. The topological polar surface area (TPSA) is 106 Å². The van der Waals surface area contributed by atoms with E-state index in [0.29, 0.717) is 0 Å². The third-order valence-electron chi connectivity index (χ3n) is 3.97. The van der Waals surface area contributed by atoms with Crippen molar-refractivity contribution in [2.24, 2.45) is 0 Å². The lowest BCUT2D eigenvalue weighted by Gasteiger charge is -2.10. The van der Waals surface area contributed by atoms with Gasteiger partial charge in [0.25, 0.3) is 5.69 Å². The van der Waals surface area contributed by atoms with E-state index in [4.69, 9.17) is 0 Å². The van der Waals surface area contributed by atoms with Gasteiger partial charge in [-0.05, 0) is 29.8 Å². The molecule has 0 aliphatic carbocycles. The minimum absolute atomic E-state index is 0.00864. The van der Waals surface area contributed by atoms with E-state index in [0.717, 1.165) is 6.26 Å². The number of non-ortho nitro benzene ring substituents is 1. The molecule has 0 amide bonds. The van der Waals surface area contributed by atoms with Gasteiger partial charge in [-0.25, -0.2) is 8.42 Å². The van der Waals surface area contributed by atoms with Gasteiger partial charge in [-0.1, -0.05) is 12.1 Å². The summed E-state index contributed by atoms with van der Waals surface area (Å²) in [4.78, 5) is 10.1. The Morgan fingerprint density at radius 2 is 1.54 bits per heavy atom. The number of nitrogens with one attached hydrogen (secondary N) is 1. The van der Waals surface area contributed by atoms with Crippen LogP contribution in [0.5, 0.6) is 0 Å². The first-order valence-electron chi connectivity index (χ1n) is 7.69. The zero-order chi connectivity index (χ0) is 20.7. The number of sulfone groups is 1. The summed E-state index contributed by atoms with van der Waals surface area (Å²) < 4.78 is 63.5. The Hall–Kier alpha value is -3.21. The molecule has 0 bridgehead atoms. The molecule has 0 unspecified atom stereocenters. The van der Waals surface area contributed by atoms with E-state index in [2.05, 4.69) is 10.2 Å². The molecule has 0 saturated heterocycles. The first-order valence-corrected chi connectivity index (χ1v) is 9.58. The molecule has 11 heteroatoms. The smallest absolute Gasteiger partial charge is 0.277 e. The minimum atomic E-state index is -4.76. The highest BCUT2D eigenvalue weighted by atomic mass is 32.2. The highest BCUT2D eigenvalue weighted by Crippen LogP contribution is 2.41. The van der Waals surface area contributed by atoms with Gasteiger partial charge >= 0.3 is 6.18 Å². The van der Waals surface area contributed by atoms with E-state index in [1.807, 2.05) is 0 Å². The molecular weight excluding hydrogens is 399 g/mol. The summed E-state index contributed by atoms with van der Waals surface area (Å²) in [6.45, 7) is 0. The number of hydrogen-bond donors (Lipinski definition) is 1. The second-order valence-electron chi connectivity index (χ2n) is 5.92. The number of nitrogens with zero attached hydrogens (tertiary/aromatic N) is 2. The van der Waals surface area contributed by atoms with Crippen molar-refractivity contribution >= 4 is 15.5 Å².